The Morgan fingerprint density at radius 2 is 2.31 bits per heavy atom. The largest absolute Gasteiger partial charge is 0.383 e. The molecule has 94 valence electrons. The Kier molecular flexibility index (Phi) is 6.03. The van der Waals surface area contributed by atoms with Gasteiger partial charge >= 0.3 is 0 Å². The molecule has 1 aliphatic heterocycles. The van der Waals surface area contributed by atoms with Gasteiger partial charge in [-0.15, -0.1) is 6.58 Å². The highest BCUT2D eigenvalue weighted by Crippen LogP contribution is 2.19. The lowest BCUT2D eigenvalue weighted by molar-refractivity contribution is 0.123. The summed E-state index contributed by atoms with van der Waals surface area (Å²) in [7, 11) is 1.76. The molecule has 0 bridgehead atoms. The fourth-order valence-electron chi connectivity index (χ4n) is 2.39. The Balaban J connectivity index is 2.41. The van der Waals surface area contributed by atoms with Crippen LogP contribution in [0.5, 0.6) is 0 Å². The first-order chi connectivity index (χ1) is 7.70. The fourth-order valence-corrected chi connectivity index (χ4v) is 2.39. The van der Waals surface area contributed by atoms with Crippen LogP contribution in [0.2, 0.25) is 0 Å². The van der Waals surface area contributed by atoms with Crippen LogP contribution < -0.4 is 5.32 Å². The van der Waals surface area contributed by atoms with Crippen molar-refractivity contribution in [2.24, 2.45) is 0 Å². The first kappa shape index (κ1) is 13.7. The number of hydrogen-bond acceptors (Lipinski definition) is 3. The van der Waals surface area contributed by atoms with Crippen molar-refractivity contribution in [1.29, 1.82) is 0 Å². The van der Waals surface area contributed by atoms with Crippen molar-refractivity contribution in [2.45, 2.75) is 31.7 Å². The minimum atomic E-state index is 0.273. The monoisotopic (exact) mass is 226 g/mol. The predicted molar refractivity (Wildman–Crippen MR) is 68.8 cm³/mol. The van der Waals surface area contributed by atoms with Gasteiger partial charge in [0, 0.05) is 32.3 Å². The summed E-state index contributed by atoms with van der Waals surface area (Å²) in [6.45, 7) is 11.1. The Bertz CT molecular complexity index is 200. The first-order valence-corrected chi connectivity index (χ1v) is 6.27. The molecular formula is C13H26N2O. The Hall–Kier alpha value is -0.380. The lowest BCUT2D eigenvalue weighted by atomic mass is 9.90. The van der Waals surface area contributed by atoms with Crippen molar-refractivity contribution in [1.82, 2.24) is 10.2 Å². The van der Waals surface area contributed by atoms with E-state index in [0.29, 0.717) is 0 Å². The second-order valence-electron chi connectivity index (χ2n) is 4.96. The zero-order valence-corrected chi connectivity index (χ0v) is 10.8. The molecule has 3 heteroatoms. The lowest BCUT2D eigenvalue weighted by Crippen LogP contribution is -2.54. The molecule has 0 radical (unpaired) electrons. The van der Waals surface area contributed by atoms with Crippen molar-refractivity contribution in [3.8, 4) is 0 Å². The number of nitrogens with one attached hydrogen (secondary N) is 1. The number of rotatable bonds is 7. The van der Waals surface area contributed by atoms with E-state index in [0.717, 1.165) is 32.8 Å². The van der Waals surface area contributed by atoms with E-state index in [4.69, 9.17) is 4.74 Å². The standard InChI is InChI=1S/C13H26N2O/c1-4-9-15(10-11-16-3)12-13(2)7-5-6-8-14-13/h4,14H,1,5-12H2,2-3H3. The van der Waals surface area contributed by atoms with Gasteiger partial charge in [-0.1, -0.05) is 12.5 Å². The Labute approximate surface area is 99.8 Å². The highest BCUT2D eigenvalue weighted by Gasteiger charge is 2.27. The van der Waals surface area contributed by atoms with Crippen LogP contribution in [-0.2, 0) is 4.74 Å². The average molecular weight is 226 g/mol. The number of methoxy groups -OCH3 is 1. The molecule has 1 unspecified atom stereocenters. The summed E-state index contributed by atoms with van der Waals surface area (Å²) in [5, 5.41) is 3.64. The molecule has 0 aromatic rings. The zero-order chi connectivity index (χ0) is 11.9. The maximum Gasteiger partial charge on any atom is 0.0589 e. The van der Waals surface area contributed by atoms with E-state index in [1.54, 1.807) is 7.11 Å². The SMILES string of the molecule is C=CCN(CCOC)CC1(C)CCCCN1. The molecule has 1 fully saturated rings. The molecular weight excluding hydrogens is 200 g/mol. The van der Waals surface area contributed by atoms with E-state index in [1.165, 1.54) is 19.3 Å². The topological polar surface area (TPSA) is 24.5 Å². The summed E-state index contributed by atoms with van der Waals surface area (Å²) in [6, 6.07) is 0. The maximum atomic E-state index is 5.14. The van der Waals surface area contributed by atoms with E-state index < -0.39 is 0 Å². The first-order valence-electron chi connectivity index (χ1n) is 6.27. The van der Waals surface area contributed by atoms with Gasteiger partial charge < -0.3 is 10.1 Å². The van der Waals surface area contributed by atoms with Crippen LogP contribution in [-0.4, -0.2) is 50.3 Å². The van der Waals surface area contributed by atoms with E-state index in [9.17, 15) is 0 Å². The van der Waals surface area contributed by atoms with Gasteiger partial charge in [0.15, 0.2) is 0 Å². The third kappa shape index (κ3) is 4.64. The molecule has 1 N–H and O–H groups in total. The van der Waals surface area contributed by atoms with Crippen LogP contribution in [0.3, 0.4) is 0 Å². The molecule has 1 atom stereocenters. The van der Waals surface area contributed by atoms with Gasteiger partial charge in [-0.25, -0.2) is 0 Å². The molecule has 16 heavy (non-hydrogen) atoms. The second kappa shape index (κ2) is 7.05. The minimum Gasteiger partial charge on any atom is -0.383 e. The van der Waals surface area contributed by atoms with Crippen LogP contribution in [0.25, 0.3) is 0 Å². The highest BCUT2D eigenvalue weighted by atomic mass is 16.5. The number of hydrogen-bond donors (Lipinski definition) is 1. The van der Waals surface area contributed by atoms with E-state index in [1.807, 2.05) is 6.08 Å². The minimum absolute atomic E-state index is 0.273. The van der Waals surface area contributed by atoms with Crippen molar-refractivity contribution < 1.29 is 4.74 Å². The van der Waals surface area contributed by atoms with Gasteiger partial charge in [-0.3, -0.25) is 4.90 Å². The van der Waals surface area contributed by atoms with Crippen molar-refractivity contribution in [3.05, 3.63) is 12.7 Å². The third-order valence-corrected chi connectivity index (χ3v) is 3.28. The van der Waals surface area contributed by atoms with Gasteiger partial charge in [0.2, 0.25) is 0 Å². The number of piperidine rings is 1. The molecule has 1 heterocycles. The van der Waals surface area contributed by atoms with Gasteiger partial charge in [0.05, 0.1) is 6.61 Å². The van der Waals surface area contributed by atoms with Gasteiger partial charge in [0.25, 0.3) is 0 Å². The molecule has 0 aromatic carbocycles. The molecule has 0 amide bonds. The predicted octanol–water partition coefficient (Wildman–Crippen LogP) is 1.65. The van der Waals surface area contributed by atoms with Crippen molar-refractivity contribution in [2.75, 3.05) is 39.9 Å². The van der Waals surface area contributed by atoms with E-state index >= 15 is 0 Å². The second-order valence-corrected chi connectivity index (χ2v) is 4.96. The van der Waals surface area contributed by atoms with E-state index in [-0.39, 0.29) is 5.54 Å². The average Bonchev–Trinajstić information content (AvgIpc) is 2.27. The lowest BCUT2D eigenvalue weighted by Gasteiger charge is -2.39. The molecule has 0 aliphatic carbocycles. The number of nitrogens with zero attached hydrogens (tertiary/aromatic N) is 1. The molecule has 0 aromatic heterocycles. The normalized spacial score (nSPS) is 25.9. The van der Waals surface area contributed by atoms with Gasteiger partial charge in [0.1, 0.15) is 0 Å². The summed E-state index contributed by atoms with van der Waals surface area (Å²) in [4.78, 5) is 2.41. The van der Waals surface area contributed by atoms with Crippen LogP contribution >= 0.6 is 0 Å². The number of ether oxygens (including phenoxy) is 1. The summed E-state index contributed by atoms with van der Waals surface area (Å²) in [6.07, 6.45) is 5.90. The molecule has 0 spiro atoms. The molecule has 3 nitrogen and oxygen atoms in total. The Morgan fingerprint density at radius 3 is 2.88 bits per heavy atom. The molecule has 1 aliphatic rings. The van der Waals surface area contributed by atoms with Crippen molar-refractivity contribution >= 4 is 0 Å². The van der Waals surface area contributed by atoms with Crippen LogP contribution in [0.15, 0.2) is 12.7 Å². The summed E-state index contributed by atoms with van der Waals surface area (Å²) < 4.78 is 5.14. The van der Waals surface area contributed by atoms with Crippen LogP contribution in [0.4, 0.5) is 0 Å². The summed E-state index contributed by atoms with van der Waals surface area (Å²) in [5.74, 6) is 0. The summed E-state index contributed by atoms with van der Waals surface area (Å²) in [5.41, 5.74) is 0.273. The highest BCUT2D eigenvalue weighted by molar-refractivity contribution is 4.90. The molecule has 1 rings (SSSR count). The quantitative estimate of drug-likeness (QED) is 0.668. The van der Waals surface area contributed by atoms with Gasteiger partial charge in [-0.2, -0.15) is 0 Å². The van der Waals surface area contributed by atoms with Crippen LogP contribution in [0, 0.1) is 0 Å². The molecule has 1 saturated heterocycles. The zero-order valence-electron chi connectivity index (χ0n) is 10.8. The van der Waals surface area contributed by atoms with E-state index in [2.05, 4.69) is 23.7 Å². The fraction of sp³-hybridized carbons (Fsp3) is 0.846. The van der Waals surface area contributed by atoms with Crippen molar-refractivity contribution in [3.63, 3.8) is 0 Å². The van der Waals surface area contributed by atoms with Gasteiger partial charge in [-0.05, 0) is 26.3 Å². The maximum absolute atomic E-state index is 5.14. The third-order valence-electron chi connectivity index (χ3n) is 3.28. The molecule has 0 saturated carbocycles. The van der Waals surface area contributed by atoms with Crippen LogP contribution in [0.1, 0.15) is 26.2 Å². The Morgan fingerprint density at radius 1 is 1.50 bits per heavy atom. The summed E-state index contributed by atoms with van der Waals surface area (Å²) >= 11 is 0. The smallest absolute Gasteiger partial charge is 0.0589 e.